The van der Waals surface area contributed by atoms with Gasteiger partial charge in [-0.2, -0.15) is 4.31 Å². The van der Waals surface area contributed by atoms with Crippen LogP contribution in [0.2, 0.25) is 10.0 Å². The number of benzene rings is 2. The fraction of sp³-hybridized carbons (Fsp3) is 0.263. The molecule has 0 aromatic heterocycles. The van der Waals surface area contributed by atoms with Crippen LogP contribution in [0, 0.1) is 0 Å². The van der Waals surface area contributed by atoms with Crippen LogP contribution in [0.3, 0.4) is 0 Å². The molecule has 0 aliphatic rings. The zero-order valence-corrected chi connectivity index (χ0v) is 18.3. The van der Waals surface area contributed by atoms with E-state index in [1.54, 1.807) is 19.9 Å². The maximum atomic E-state index is 12.6. The molecule has 0 heterocycles. The predicted molar refractivity (Wildman–Crippen MR) is 112 cm³/mol. The fourth-order valence-electron chi connectivity index (χ4n) is 2.22. The number of esters is 1. The van der Waals surface area contributed by atoms with Crippen molar-refractivity contribution in [3.05, 3.63) is 58.1 Å². The van der Waals surface area contributed by atoms with E-state index in [2.05, 4.69) is 5.32 Å². The molecule has 1 amide bonds. The number of hydrogen-bond acceptors (Lipinski definition) is 5. The van der Waals surface area contributed by atoms with Crippen molar-refractivity contribution in [1.82, 2.24) is 4.31 Å². The molecule has 7 nitrogen and oxygen atoms in total. The van der Waals surface area contributed by atoms with Gasteiger partial charge in [-0.3, -0.25) is 4.79 Å². The van der Waals surface area contributed by atoms with Crippen molar-refractivity contribution >= 4 is 50.8 Å². The molecule has 1 N–H and O–H groups in total. The molecule has 2 aromatic rings. The summed E-state index contributed by atoms with van der Waals surface area (Å²) >= 11 is 11.8. The van der Waals surface area contributed by atoms with Gasteiger partial charge in [0.15, 0.2) is 6.61 Å². The molecular weight excluding hydrogens is 439 g/mol. The summed E-state index contributed by atoms with van der Waals surface area (Å²) in [5, 5.41) is 3.15. The fourth-order valence-corrected chi connectivity index (χ4v) is 3.97. The second-order valence-electron chi connectivity index (χ2n) is 6.39. The Kier molecular flexibility index (Phi) is 7.65. The van der Waals surface area contributed by atoms with Gasteiger partial charge < -0.3 is 10.1 Å². The molecule has 0 fully saturated rings. The third-order valence-electron chi connectivity index (χ3n) is 4.01. The van der Waals surface area contributed by atoms with E-state index in [1.807, 2.05) is 0 Å². The van der Waals surface area contributed by atoms with Crippen molar-refractivity contribution in [2.45, 2.75) is 24.8 Å². The van der Waals surface area contributed by atoms with Crippen LogP contribution in [0.4, 0.5) is 5.69 Å². The van der Waals surface area contributed by atoms with Gasteiger partial charge >= 0.3 is 5.97 Å². The summed E-state index contributed by atoms with van der Waals surface area (Å²) in [4.78, 5) is 24.2. The van der Waals surface area contributed by atoms with Gasteiger partial charge in [-0.05, 0) is 50.2 Å². The summed E-state index contributed by atoms with van der Waals surface area (Å²) < 4.78 is 31.3. The highest BCUT2D eigenvalue weighted by Gasteiger charge is 2.24. The Bertz CT molecular complexity index is 1030. The van der Waals surface area contributed by atoms with Crippen molar-refractivity contribution in [3.63, 3.8) is 0 Å². The van der Waals surface area contributed by atoms with Gasteiger partial charge in [-0.25, -0.2) is 13.2 Å². The zero-order valence-electron chi connectivity index (χ0n) is 16.0. The van der Waals surface area contributed by atoms with Crippen LogP contribution in [0.1, 0.15) is 24.2 Å². The molecule has 0 atom stereocenters. The number of carbonyl (C=O) groups is 2. The van der Waals surface area contributed by atoms with Gasteiger partial charge in [0.05, 0.1) is 21.2 Å². The number of nitrogens with one attached hydrogen (secondary N) is 1. The average Bonchev–Trinajstić information content (AvgIpc) is 2.68. The maximum Gasteiger partial charge on any atom is 0.338 e. The van der Waals surface area contributed by atoms with E-state index in [4.69, 9.17) is 27.9 Å². The molecule has 10 heteroatoms. The summed E-state index contributed by atoms with van der Waals surface area (Å²) in [5.41, 5.74) is 0.293. The van der Waals surface area contributed by atoms with Crippen LogP contribution in [0.15, 0.2) is 47.4 Å². The lowest BCUT2D eigenvalue weighted by Gasteiger charge is -2.21. The van der Waals surface area contributed by atoms with Crippen molar-refractivity contribution in [2.75, 3.05) is 19.0 Å². The van der Waals surface area contributed by atoms with Crippen LogP contribution in [-0.4, -0.2) is 44.3 Å². The largest absolute Gasteiger partial charge is 0.452 e. The monoisotopic (exact) mass is 458 g/mol. The Hall–Kier alpha value is -2.13. The van der Waals surface area contributed by atoms with E-state index in [9.17, 15) is 18.0 Å². The van der Waals surface area contributed by atoms with Crippen LogP contribution >= 0.6 is 23.2 Å². The molecule has 0 bridgehead atoms. The van der Waals surface area contributed by atoms with E-state index < -0.39 is 28.5 Å². The van der Waals surface area contributed by atoms with Gasteiger partial charge in [-0.15, -0.1) is 0 Å². The first kappa shape index (κ1) is 23.2. The molecular formula is C19H20Cl2N2O5S. The number of halogens is 2. The third-order valence-corrected chi connectivity index (χ3v) is 6.61. The minimum atomic E-state index is -3.76. The highest BCUT2D eigenvalue weighted by Crippen LogP contribution is 2.25. The second-order valence-corrected chi connectivity index (χ2v) is 9.23. The van der Waals surface area contributed by atoms with Crippen LogP contribution < -0.4 is 5.32 Å². The van der Waals surface area contributed by atoms with Crippen LogP contribution in [-0.2, 0) is 19.6 Å². The molecule has 156 valence electrons. The van der Waals surface area contributed by atoms with Crippen molar-refractivity contribution in [1.29, 1.82) is 0 Å². The first-order valence-corrected chi connectivity index (χ1v) is 10.7. The van der Waals surface area contributed by atoms with E-state index in [0.717, 1.165) is 0 Å². The normalized spacial score (nSPS) is 11.6. The van der Waals surface area contributed by atoms with Gasteiger partial charge in [0.25, 0.3) is 5.91 Å². The second kappa shape index (κ2) is 9.58. The minimum Gasteiger partial charge on any atom is -0.452 e. The van der Waals surface area contributed by atoms with Gasteiger partial charge in [0.2, 0.25) is 10.0 Å². The molecule has 29 heavy (non-hydrogen) atoms. The summed E-state index contributed by atoms with van der Waals surface area (Å²) in [6.45, 7) is 2.89. The molecule has 0 aliphatic carbocycles. The number of amides is 1. The molecule has 0 aliphatic heterocycles. The van der Waals surface area contributed by atoms with Crippen molar-refractivity contribution < 1.29 is 22.7 Å². The molecule has 0 saturated heterocycles. The van der Waals surface area contributed by atoms with Crippen molar-refractivity contribution in [3.8, 4) is 0 Å². The highest BCUT2D eigenvalue weighted by atomic mass is 35.5. The summed E-state index contributed by atoms with van der Waals surface area (Å²) in [6, 6.07) is 9.73. The third kappa shape index (κ3) is 5.93. The van der Waals surface area contributed by atoms with E-state index in [1.165, 1.54) is 47.8 Å². The molecule has 2 rings (SSSR count). The van der Waals surface area contributed by atoms with Crippen LogP contribution in [0.5, 0.6) is 0 Å². The molecule has 0 saturated carbocycles. The Labute approximate surface area is 179 Å². The molecule has 0 spiro atoms. The van der Waals surface area contributed by atoms with Crippen molar-refractivity contribution in [2.24, 2.45) is 0 Å². The van der Waals surface area contributed by atoms with Gasteiger partial charge in [0.1, 0.15) is 0 Å². The lowest BCUT2D eigenvalue weighted by atomic mass is 10.2. The Morgan fingerprint density at radius 3 is 2.48 bits per heavy atom. The average molecular weight is 459 g/mol. The SMILES string of the molecule is CC(C)N(C)S(=O)(=O)c1cccc(C(=O)OCC(=O)Nc2cc(Cl)ccc2Cl)c1. The highest BCUT2D eigenvalue weighted by molar-refractivity contribution is 7.89. The van der Waals surface area contributed by atoms with Crippen LogP contribution in [0.25, 0.3) is 0 Å². The summed E-state index contributed by atoms with van der Waals surface area (Å²) in [5.74, 6) is -1.45. The first-order valence-electron chi connectivity index (χ1n) is 8.52. The van der Waals surface area contributed by atoms with Gasteiger partial charge in [-0.1, -0.05) is 29.3 Å². The predicted octanol–water partition coefficient (Wildman–Crippen LogP) is 3.82. The molecule has 2 aromatic carbocycles. The summed E-state index contributed by atoms with van der Waals surface area (Å²) in [6.07, 6.45) is 0. The number of rotatable bonds is 7. The van der Waals surface area contributed by atoms with E-state index in [0.29, 0.717) is 5.02 Å². The molecule has 0 unspecified atom stereocenters. The standard InChI is InChI=1S/C19H20Cl2N2O5S/c1-12(2)23(3)29(26,27)15-6-4-5-13(9-15)19(25)28-11-18(24)22-17-10-14(20)7-8-16(17)21/h4-10,12H,11H2,1-3H3,(H,22,24). The number of nitrogens with zero attached hydrogens (tertiary/aromatic N) is 1. The first-order chi connectivity index (χ1) is 13.5. The number of carbonyl (C=O) groups excluding carboxylic acids is 2. The smallest absolute Gasteiger partial charge is 0.338 e. The molecule has 0 radical (unpaired) electrons. The Morgan fingerprint density at radius 1 is 1.14 bits per heavy atom. The number of anilines is 1. The topological polar surface area (TPSA) is 92.8 Å². The Balaban J connectivity index is 2.06. The zero-order chi connectivity index (χ0) is 21.8. The Morgan fingerprint density at radius 2 is 1.83 bits per heavy atom. The number of hydrogen-bond donors (Lipinski definition) is 1. The van der Waals surface area contributed by atoms with E-state index in [-0.39, 0.29) is 27.2 Å². The lowest BCUT2D eigenvalue weighted by molar-refractivity contribution is -0.119. The quantitative estimate of drug-likeness (QED) is 0.636. The van der Waals surface area contributed by atoms with Gasteiger partial charge in [0, 0.05) is 18.1 Å². The number of sulfonamides is 1. The lowest BCUT2D eigenvalue weighted by Crippen LogP contribution is -2.33. The maximum absolute atomic E-state index is 12.6. The summed E-state index contributed by atoms with van der Waals surface area (Å²) in [7, 11) is -2.30. The minimum absolute atomic E-state index is 0.0109. The number of ether oxygens (including phenoxy) is 1. The van der Waals surface area contributed by atoms with E-state index >= 15 is 0 Å².